The van der Waals surface area contributed by atoms with Gasteiger partial charge in [-0.2, -0.15) is 5.10 Å². The Bertz CT molecular complexity index is 637. The monoisotopic (exact) mass is 332 g/mol. The van der Waals surface area contributed by atoms with E-state index < -0.39 is 0 Å². The average molecular weight is 333 g/mol. The molecule has 23 heavy (non-hydrogen) atoms. The van der Waals surface area contributed by atoms with Gasteiger partial charge >= 0.3 is 6.03 Å². The number of carbonyl (C=O) groups excluding carboxylic acids is 1. The summed E-state index contributed by atoms with van der Waals surface area (Å²) in [6, 6.07) is 9.63. The summed E-state index contributed by atoms with van der Waals surface area (Å²) in [6.45, 7) is 1.30. The number of amides is 2. The second-order valence-corrected chi connectivity index (χ2v) is 6.44. The van der Waals surface area contributed by atoms with Crippen molar-refractivity contribution in [2.24, 2.45) is 5.92 Å². The van der Waals surface area contributed by atoms with Gasteiger partial charge in [-0.1, -0.05) is 23.7 Å². The van der Waals surface area contributed by atoms with Crippen molar-refractivity contribution in [3.05, 3.63) is 53.3 Å². The Morgan fingerprint density at radius 2 is 2.17 bits per heavy atom. The maximum atomic E-state index is 12.4. The van der Waals surface area contributed by atoms with Crippen LogP contribution in [0, 0.1) is 5.92 Å². The van der Waals surface area contributed by atoms with Gasteiger partial charge < -0.3 is 10.2 Å². The molecule has 122 valence electrons. The number of hydrogen-bond donors (Lipinski definition) is 1. The number of aromatic nitrogens is 2. The number of urea groups is 1. The van der Waals surface area contributed by atoms with E-state index in [0.29, 0.717) is 24.0 Å². The van der Waals surface area contributed by atoms with Gasteiger partial charge in [0.25, 0.3) is 0 Å². The van der Waals surface area contributed by atoms with Crippen LogP contribution in [0.4, 0.5) is 4.79 Å². The standard InChI is InChI=1S/C17H21ClN4O/c1-21(11-12-22-10-2-9-19-22)17(23)20-16(13-3-4-13)14-5-7-15(18)8-6-14/h2,5-10,13,16H,3-4,11-12H2,1H3,(H,20,23)/t16-/m1/s1. The Morgan fingerprint density at radius 3 is 2.78 bits per heavy atom. The average Bonchev–Trinajstić information content (AvgIpc) is 3.26. The maximum Gasteiger partial charge on any atom is 0.317 e. The summed E-state index contributed by atoms with van der Waals surface area (Å²) in [6.07, 6.45) is 5.95. The quantitative estimate of drug-likeness (QED) is 0.882. The summed E-state index contributed by atoms with van der Waals surface area (Å²) >= 11 is 5.95. The van der Waals surface area contributed by atoms with Crippen LogP contribution in [0.25, 0.3) is 0 Å². The fourth-order valence-corrected chi connectivity index (χ4v) is 2.73. The first-order valence-electron chi connectivity index (χ1n) is 7.88. The fourth-order valence-electron chi connectivity index (χ4n) is 2.60. The zero-order valence-corrected chi connectivity index (χ0v) is 13.9. The molecule has 2 amide bonds. The van der Waals surface area contributed by atoms with E-state index in [9.17, 15) is 4.79 Å². The summed E-state index contributed by atoms with van der Waals surface area (Å²) < 4.78 is 1.82. The molecule has 2 aromatic rings. The molecular formula is C17H21ClN4O. The zero-order valence-electron chi connectivity index (χ0n) is 13.2. The fraction of sp³-hybridized carbons (Fsp3) is 0.412. The van der Waals surface area contributed by atoms with E-state index in [0.717, 1.165) is 18.4 Å². The normalized spacial score (nSPS) is 15.2. The predicted molar refractivity (Wildman–Crippen MR) is 90.3 cm³/mol. The first-order valence-corrected chi connectivity index (χ1v) is 8.26. The van der Waals surface area contributed by atoms with Crippen LogP contribution in [-0.2, 0) is 6.54 Å². The molecule has 0 bridgehead atoms. The van der Waals surface area contributed by atoms with Crippen LogP contribution < -0.4 is 5.32 Å². The summed E-state index contributed by atoms with van der Waals surface area (Å²) in [4.78, 5) is 14.1. The lowest BCUT2D eigenvalue weighted by molar-refractivity contribution is 0.200. The van der Waals surface area contributed by atoms with Crippen LogP contribution in [0.3, 0.4) is 0 Å². The van der Waals surface area contributed by atoms with E-state index in [-0.39, 0.29) is 12.1 Å². The van der Waals surface area contributed by atoms with Gasteiger partial charge in [0.15, 0.2) is 0 Å². The van der Waals surface area contributed by atoms with Gasteiger partial charge in [-0.25, -0.2) is 4.79 Å². The van der Waals surface area contributed by atoms with Crippen molar-refractivity contribution in [3.63, 3.8) is 0 Å². The van der Waals surface area contributed by atoms with Crippen LogP contribution in [0.2, 0.25) is 5.02 Å². The molecule has 1 aromatic heterocycles. The molecule has 3 rings (SSSR count). The number of rotatable bonds is 6. The van der Waals surface area contributed by atoms with Crippen LogP contribution in [0.5, 0.6) is 0 Å². The lowest BCUT2D eigenvalue weighted by Crippen LogP contribution is -2.41. The molecule has 1 aliphatic carbocycles. The lowest BCUT2D eigenvalue weighted by Gasteiger charge is -2.24. The van der Waals surface area contributed by atoms with Crippen molar-refractivity contribution in [1.29, 1.82) is 0 Å². The first kappa shape index (κ1) is 15.9. The summed E-state index contributed by atoms with van der Waals surface area (Å²) in [5.74, 6) is 0.527. The molecule has 1 atom stereocenters. The molecule has 0 spiro atoms. The van der Waals surface area contributed by atoms with Crippen molar-refractivity contribution < 1.29 is 4.79 Å². The van der Waals surface area contributed by atoms with E-state index in [1.54, 1.807) is 11.1 Å². The minimum Gasteiger partial charge on any atom is -0.331 e. The minimum atomic E-state index is -0.0518. The number of benzene rings is 1. The molecule has 1 heterocycles. The highest BCUT2D eigenvalue weighted by Gasteiger charge is 2.33. The van der Waals surface area contributed by atoms with Crippen molar-refractivity contribution in [2.75, 3.05) is 13.6 Å². The van der Waals surface area contributed by atoms with Gasteiger partial charge in [0, 0.05) is 31.0 Å². The van der Waals surface area contributed by atoms with Crippen molar-refractivity contribution in [1.82, 2.24) is 20.0 Å². The molecule has 1 fully saturated rings. The third-order valence-corrected chi connectivity index (χ3v) is 4.42. The molecule has 0 unspecified atom stereocenters. The highest BCUT2D eigenvalue weighted by atomic mass is 35.5. The Labute approximate surface area is 141 Å². The largest absolute Gasteiger partial charge is 0.331 e. The number of halogens is 1. The summed E-state index contributed by atoms with van der Waals surface area (Å²) in [5.41, 5.74) is 1.12. The van der Waals surface area contributed by atoms with Gasteiger partial charge in [-0.15, -0.1) is 0 Å². The molecule has 0 radical (unpaired) electrons. The van der Waals surface area contributed by atoms with Crippen LogP contribution >= 0.6 is 11.6 Å². The van der Waals surface area contributed by atoms with Gasteiger partial charge in [0.05, 0.1) is 12.6 Å². The van der Waals surface area contributed by atoms with E-state index in [2.05, 4.69) is 10.4 Å². The summed E-state index contributed by atoms with van der Waals surface area (Å²) in [7, 11) is 1.81. The molecule has 1 aliphatic rings. The van der Waals surface area contributed by atoms with Gasteiger partial charge in [-0.3, -0.25) is 4.68 Å². The molecule has 1 aromatic carbocycles. The molecule has 0 aliphatic heterocycles. The Hall–Kier alpha value is -2.01. The van der Waals surface area contributed by atoms with E-state index in [1.807, 2.05) is 48.3 Å². The van der Waals surface area contributed by atoms with Crippen molar-refractivity contribution in [3.8, 4) is 0 Å². The molecule has 0 saturated heterocycles. The highest BCUT2D eigenvalue weighted by Crippen LogP contribution is 2.41. The first-order chi connectivity index (χ1) is 11.1. The number of hydrogen-bond acceptors (Lipinski definition) is 2. The third-order valence-electron chi connectivity index (χ3n) is 4.17. The molecular weight excluding hydrogens is 312 g/mol. The van der Waals surface area contributed by atoms with Crippen LogP contribution in [0.1, 0.15) is 24.4 Å². The Balaban J connectivity index is 1.58. The zero-order chi connectivity index (χ0) is 16.2. The SMILES string of the molecule is CN(CCn1cccn1)C(=O)N[C@@H](c1ccc(Cl)cc1)C1CC1. The Morgan fingerprint density at radius 1 is 1.43 bits per heavy atom. The smallest absolute Gasteiger partial charge is 0.317 e. The van der Waals surface area contributed by atoms with Crippen LogP contribution in [-0.4, -0.2) is 34.3 Å². The topological polar surface area (TPSA) is 50.2 Å². The molecule has 5 nitrogen and oxygen atoms in total. The van der Waals surface area contributed by atoms with E-state index in [1.165, 1.54) is 0 Å². The van der Waals surface area contributed by atoms with Gasteiger partial charge in [0.2, 0.25) is 0 Å². The van der Waals surface area contributed by atoms with Crippen molar-refractivity contribution >= 4 is 17.6 Å². The van der Waals surface area contributed by atoms with E-state index >= 15 is 0 Å². The van der Waals surface area contributed by atoms with Gasteiger partial charge in [0.1, 0.15) is 0 Å². The number of likely N-dealkylation sites (N-methyl/N-ethyl adjacent to an activating group) is 1. The number of nitrogens with zero attached hydrogens (tertiary/aromatic N) is 3. The number of nitrogens with one attached hydrogen (secondary N) is 1. The number of carbonyl (C=O) groups is 1. The lowest BCUT2D eigenvalue weighted by atomic mass is 10.0. The molecule has 1 N–H and O–H groups in total. The van der Waals surface area contributed by atoms with Crippen LogP contribution in [0.15, 0.2) is 42.7 Å². The third kappa shape index (κ3) is 4.26. The van der Waals surface area contributed by atoms with E-state index in [4.69, 9.17) is 11.6 Å². The Kier molecular flexibility index (Phi) is 4.86. The predicted octanol–water partition coefficient (Wildman–Crippen LogP) is 3.33. The molecule has 1 saturated carbocycles. The van der Waals surface area contributed by atoms with Gasteiger partial charge in [-0.05, 0) is 42.5 Å². The second kappa shape index (κ2) is 7.04. The second-order valence-electron chi connectivity index (χ2n) is 6.01. The minimum absolute atomic E-state index is 0.0518. The maximum absolute atomic E-state index is 12.4. The summed E-state index contributed by atoms with van der Waals surface area (Å²) in [5, 5.41) is 8.02. The van der Waals surface area contributed by atoms with Crippen molar-refractivity contribution in [2.45, 2.75) is 25.4 Å². The highest BCUT2D eigenvalue weighted by molar-refractivity contribution is 6.30. The molecule has 6 heteroatoms.